The smallest absolute Gasteiger partial charge is 0.0921 e. The lowest BCUT2D eigenvalue weighted by molar-refractivity contribution is 0.964. The number of hydrogen-bond donors (Lipinski definition) is 0. The van der Waals surface area contributed by atoms with Gasteiger partial charge in [-0.3, -0.25) is 9.98 Å². The van der Waals surface area contributed by atoms with Crippen molar-refractivity contribution in [1.82, 2.24) is 0 Å². The molecule has 1 aliphatic heterocycles. The van der Waals surface area contributed by atoms with Crippen LogP contribution in [0.15, 0.2) is 58.5 Å². The zero-order chi connectivity index (χ0) is 13.9. The molecule has 100 valence electrons. The Hall–Kier alpha value is -1.64. The van der Waals surface area contributed by atoms with Crippen LogP contribution in [0.5, 0.6) is 0 Å². The lowest BCUT2D eigenvalue weighted by Gasteiger charge is -2.16. The molecule has 2 nitrogen and oxygen atoms in total. The molecule has 0 fully saturated rings. The molecule has 0 atom stereocenters. The van der Waals surface area contributed by atoms with Crippen LogP contribution >= 0.6 is 23.2 Å². The van der Waals surface area contributed by atoms with Crippen molar-refractivity contribution in [2.45, 2.75) is 0 Å². The van der Waals surface area contributed by atoms with Crippen LogP contribution < -0.4 is 0 Å². The highest BCUT2D eigenvalue weighted by Gasteiger charge is 2.20. The van der Waals surface area contributed by atoms with Gasteiger partial charge in [0.05, 0.1) is 34.6 Å². The molecule has 0 radical (unpaired) electrons. The monoisotopic (exact) mass is 302 g/mol. The lowest BCUT2D eigenvalue weighted by atomic mass is 9.98. The summed E-state index contributed by atoms with van der Waals surface area (Å²) in [5.41, 5.74) is 3.42. The zero-order valence-electron chi connectivity index (χ0n) is 10.7. The van der Waals surface area contributed by atoms with Gasteiger partial charge >= 0.3 is 0 Å². The van der Waals surface area contributed by atoms with E-state index in [1.165, 1.54) is 0 Å². The molecule has 20 heavy (non-hydrogen) atoms. The maximum absolute atomic E-state index is 6.28. The standard InChI is InChI=1S/C16H12Cl2N2/c17-13-7-3-1-5-11(13)15-16(20-10-9-19-15)12-6-2-4-8-14(12)18/h1-8H,9-10H2. The molecule has 2 aromatic rings. The number of halogens is 2. The van der Waals surface area contributed by atoms with Crippen LogP contribution in [0.4, 0.5) is 0 Å². The SMILES string of the molecule is Clc1ccccc1C1=NCCN=C1c1ccccc1Cl. The van der Waals surface area contributed by atoms with Gasteiger partial charge in [-0.25, -0.2) is 0 Å². The Bertz CT molecular complexity index is 644. The van der Waals surface area contributed by atoms with E-state index in [1.807, 2.05) is 48.5 Å². The molecule has 0 unspecified atom stereocenters. The fraction of sp³-hybridized carbons (Fsp3) is 0.125. The summed E-state index contributed by atoms with van der Waals surface area (Å²) in [6.45, 7) is 1.35. The molecule has 0 saturated heterocycles. The summed E-state index contributed by atoms with van der Waals surface area (Å²) in [5, 5.41) is 1.35. The minimum absolute atomic E-state index is 0.674. The van der Waals surface area contributed by atoms with Crippen LogP contribution in [-0.2, 0) is 0 Å². The first-order valence-corrected chi connectivity index (χ1v) is 7.12. The van der Waals surface area contributed by atoms with E-state index < -0.39 is 0 Å². The molecule has 3 rings (SSSR count). The van der Waals surface area contributed by atoms with Gasteiger partial charge < -0.3 is 0 Å². The van der Waals surface area contributed by atoms with Crippen LogP contribution in [0.3, 0.4) is 0 Å². The number of rotatable bonds is 2. The fourth-order valence-electron chi connectivity index (χ4n) is 2.21. The minimum atomic E-state index is 0.674. The normalized spacial score (nSPS) is 14.7. The van der Waals surface area contributed by atoms with Crippen LogP contribution in [0.2, 0.25) is 10.0 Å². The number of nitrogens with zero attached hydrogens (tertiary/aromatic N) is 2. The molecular formula is C16H12Cl2N2. The number of benzene rings is 2. The van der Waals surface area contributed by atoms with E-state index in [9.17, 15) is 0 Å². The molecule has 0 aliphatic carbocycles. The van der Waals surface area contributed by atoms with E-state index in [0.717, 1.165) is 22.6 Å². The molecule has 1 aliphatic rings. The van der Waals surface area contributed by atoms with Gasteiger partial charge in [0.1, 0.15) is 0 Å². The average molecular weight is 303 g/mol. The first kappa shape index (κ1) is 13.3. The highest BCUT2D eigenvalue weighted by molar-refractivity contribution is 6.57. The average Bonchev–Trinajstić information content (AvgIpc) is 2.48. The van der Waals surface area contributed by atoms with Crippen molar-refractivity contribution in [3.8, 4) is 0 Å². The highest BCUT2D eigenvalue weighted by Crippen LogP contribution is 2.23. The second-order valence-electron chi connectivity index (χ2n) is 4.42. The predicted molar refractivity (Wildman–Crippen MR) is 85.7 cm³/mol. The number of hydrogen-bond acceptors (Lipinski definition) is 2. The summed E-state index contributed by atoms with van der Waals surface area (Å²) in [4.78, 5) is 9.20. The zero-order valence-corrected chi connectivity index (χ0v) is 12.2. The van der Waals surface area contributed by atoms with Crippen molar-refractivity contribution < 1.29 is 0 Å². The van der Waals surface area contributed by atoms with Gasteiger partial charge in [0.25, 0.3) is 0 Å². The van der Waals surface area contributed by atoms with Gasteiger partial charge in [-0.1, -0.05) is 59.6 Å². The van der Waals surface area contributed by atoms with Gasteiger partial charge in [0, 0.05) is 11.1 Å². The summed E-state index contributed by atoms with van der Waals surface area (Å²) < 4.78 is 0. The van der Waals surface area contributed by atoms with E-state index in [-0.39, 0.29) is 0 Å². The van der Waals surface area contributed by atoms with Crippen molar-refractivity contribution in [2.75, 3.05) is 13.1 Å². The lowest BCUT2D eigenvalue weighted by Crippen LogP contribution is -2.23. The summed E-state index contributed by atoms with van der Waals surface area (Å²) >= 11 is 12.6. The van der Waals surface area contributed by atoms with Crippen molar-refractivity contribution in [1.29, 1.82) is 0 Å². The van der Waals surface area contributed by atoms with E-state index in [0.29, 0.717) is 23.1 Å². The van der Waals surface area contributed by atoms with Gasteiger partial charge in [-0.2, -0.15) is 0 Å². The topological polar surface area (TPSA) is 24.7 Å². The first-order valence-electron chi connectivity index (χ1n) is 6.36. The third kappa shape index (κ3) is 2.49. The third-order valence-corrected chi connectivity index (χ3v) is 3.78. The van der Waals surface area contributed by atoms with E-state index in [1.54, 1.807) is 0 Å². The largest absolute Gasteiger partial charge is 0.280 e. The predicted octanol–water partition coefficient (Wildman–Crippen LogP) is 4.29. The Morgan fingerprint density at radius 2 is 1.05 bits per heavy atom. The Kier molecular flexibility index (Phi) is 3.86. The van der Waals surface area contributed by atoms with E-state index >= 15 is 0 Å². The van der Waals surface area contributed by atoms with Crippen molar-refractivity contribution >= 4 is 34.6 Å². The van der Waals surface area contributed by atoms with Gasteiger partial charge in [0.2, 0.25) is 0 Å². The molecule has 2 aromatic carbocycles. The molecular weight excluding hydrogens is 291 g/mol. The molecule has 0 spiro atoms. The third-order valence-electron chi connectivity index (χ3n) is 3.12. The molecule has 4 heteroatoms. The van der Waals surface area contributed by atoms with Crippen LogP contribution in [-0.4, -0.2) is 24.5 Å². The molecule has 0 saturated carbocycles. The fourth-order valence-corrected chi connectivity index (χ4v) is 2.66. The van der Waals surface area contributed by atoms with Crippen LogP contribution in [0.1, 0.15) is 11.1 Å². The summed E-state index contributed by atoms with van der Waals surface area (Å²) in [7, 11) is 0. The second-order valence-corrected chi connectivity index (χ2v) is 5.23. The van der Waals surface area contributed by atoms with Crippen molar-refractivity contribution in [3.63, 3.8) is 0 Å². The second kappa shape index (κ2) is 5.78. The summed E-state index contributed by atoms with van der Waals surface area (Å²) in [5.74, 6) is 0. The molecule has 0 amide bonds. The van der Waals surface area contributed by atoms with Gasteiger partial charge in [0.15, 0.2) is 0 Å². The minimum Gasteiger partial charge on any atom is -0.280 e. The quantitative estimate of drug-likeness (QED) is 0.791. The first-order chi connectivity index (χ1) is 9.77. The number of aliphatic imine (C=N–C) groups is 2. The van der Waals surface area contributed by atoms with Gasteiger partial charge in [-0.05, 0) is 12.1 Å². The van der Waals surface area contributed by atoms with Crippen LogP contribution in [0, 0.1) is 0 Å². The Morgan fingerprint density at radius 3 is 1.45 bits per heavy atom. The van der Waals surface area contributed by atoms with Crippen LogP contribution in [0.25, 0.3) is 0 Å². The highest BCUT2D eigenvalue weighted by atomic mass is 35.5. The summed E-state index contributed by atoms with van der Waals surface area (Å²) in [6.07, 6.45) is 0. The molecule has 0 aromatic heterocycles. The molecule has 0 bridgehead atoms. The Morgan fingerprint density at radius 1 is 0.650 bits per heavy atom. The van der Waals surface area contributed by atoms with Crippen molar-refractivity contribution in [2.24, 2.45) is 9.98 Å². The maximum atomic E-state index is 6.28. The van der Waals surface area contributed by atoms with Crippen molar-refractivity contribution in [3.05, 3.63) is 69.7 Å². The summed E-state index contributed by atoms with van der Waals surface area (Å²) in [6, 6.07) is 15.3. The van der Waals surface area contributed by atoms with E-state index in [2.05, 4.69) is 9.98 Å². The van der Waals surface area contributed by atoms with E-state index in [4.69, 9.17) is 23.2 Å². The Balaban J connectivity index is 2.11. The maximum Gasteiger partial charge on any atom is 0.0921 e. The molecule has 0 N–H and O–H groups in total. The Labute approximate surface area is 127 Å². The van der Waals surface area contributed by atoms with Gasteiger partial charge in [-0.15, -0.1) is 0 Å². The molecule has 1 heterocycles.